The number of hydrogen-bond donors (Lipinski definition) is 0. The Balaban J connectivity index is 2.66. The van der Waals surface area contributed by atoms with Crippen molar-refractivity contribution in [1.29, 1.82) is 0 Å². The highest BCUT2D eigenvalue weighted by atomic mass is 32.2. The summed E-state index contributed by atoms with van der Waals surface area (Å²) in [5, 5.41) is 0. The first-order valence-corrected chi connectivity index (χ1v) is 5.54. The van der Waals surface area contributed by atoms with Crippen molar-refractivity contribution in [3.63, 3.8) is 0 Å². The van der Waals surface area contributed by atoms with Crippen LogP contribution in [0.2, 0.25) is 0 Å². The molecule has 0 aromatic heterocycles. The van der Waals surface area contributed by atoms with Crippen LogP contribution in [0, 0.1) is 0 Å². The van der Waals surface area contributed by atoms with Gasteiger partial charge in [0, 0.05) is 11.3 Å². The second-order valence-electron chi connectivity index (χ2n) is 2.89. The number of carbonyl (C=O) groups is 2. The first-order chi connectivity index (χ1) is 7.63. The summed E-state index contributed by atoms with van der Waals surface area (Å²) >= 11 is -2.36. The van der Waals surface area contributed by atoms with Gasteiger partial charge in [-0.05, 0) is 29.3 Å². The van der Waals surface area contributed by atoms with Crippen molar-refractivity contribution >= 4 is 23.3 Å². The summed E-state index contributed by atoms with van der Waals surface area (Å²) < 4.78 is 26.1. The topological polar surface area (TPSA) is 83.5 Å². The molecule has 0 spiro atoms. The summed E-state index contributed by atoms with van der Waals surface area (Å²) in [6.07, 6.45) is 0.685. The predicted octanol–water partition coefficient (Wildman–Crippen LogP) is 0.809. The minimum absolute atomic E-state index is 0.0197. The number of aldehydes is 1. The number of esters is 1. The van der Waals surface area contributed by atoms with Crippen molar-refractivity contribution in [2.45, 2.75) is 17.7 Å². The van der Waals surface area contributed by atoms with Crippen molar-refractivity contribution in [3.05, 3.63) is 24.3 Å². The Morgan fingerprint density at radius 1 is 1.50 bits per heavy atom. The molecule has 0 radical (unpaired) electrons. The fraction of sp³-hybridized carbons (Fsp3) is 0.200. The minimum Gasteiger partial charge on any atom is -0.768 e. The molecule has 0 aliphatic carbocycles. The van der Waals surface area contributed by atoms with E-state index in [1.807, 2.05) is 0 Å². The van der Waals surface area contributed by atoms with Gasteiger partial charge in [0.05, 0.1) is 6.42 Å². The summed E-state index contributed by atoms with van der Waals surface area (Å²) in [6.45, 7) is 0. The summed E-state index contributed by atoms with van der Waals surface area (Å²) in [5.74, 6) is -0.418. The van der Waals surface area contributed by atoms with Crippen molar-refractivity contribution in [1.82, 2.24) is 0 Å². The predicted molar refractivity (Wildman–Crippen MR) is 54.6 cm³/mol. The lowest BCUT2D eigenvalue weighted by Gasteiger charge is -2.07. The van der Waals surface area contributed by atoms with Crippen molar-refractivity contribution < 1.29 is 23.1 Å². The SMILES string of the molecule is O=CCCC(=O)Oc1cccc(S(=O)[O-])c1. The smallest absolute Gasteiger partial charge is 0.311 e. The molecule has 1 aromatic carbocycles. The molecule has 0 fully saturated rings. The Hall–Kier alpha value is -1.53. The maximum Gasteiger partial charge on any atom is 0.311 e. The van der Waals surface area contributed by atoms with Crippen LogP contribution in [-0.2, 0) is 20.7 Å². The van der Waals surface area contributed by atoms with Crippen LogP contribution in [0.4, 0.5) is 0 Å². The molecule has 0 aliphatic heterocycles. The molecule has 1 aromatic rings. The Morgan fingerprint density at radius 2 is 2.25 bits per heavy atom. The molecule has 86 valence electrons. The van der Waals surface area contributed by atoms with Gasteiger partial charge < -0.3 is 14.1 Å². The van der Waals surface area contributed by atoms with Crippen LogP contribution in [-0.4, -0.2) is 21.0 Å². The zero-order valence-corrected chi connectivity index (χ0v) is 9.07. The maximum atomic E-state index is 11.1. The van der Waals surface area contributed by atoms with E-state index in [-0.39, 0.29) is 23.5 Å². The number of carbonyl (C=O) groups excluding carboxylic acids is 2. The second kappa shape index (κ2) is 6.14. The molecule has 1 rings (SSSR count). The van der Waals surface area contributed by atoms with Gasteiger partial charge in [-0.25, -0.2) is 0 Å². The lowest BCUT2D eigenvalue weighted by molar-refractivity contribution is -0.135. The van der Waals surface area contributed by atoms with Crippen LogP contribution < -0.4 is 4.74 Å². The van der Waals surface area contributed by atoms with Crippen LogP contribution in [0.25, 0.3) is 0 Å². The molecule has 1 unspecified atom stereocenters. The first kappa shape index (κ1) is 12.5. The van der Waals surface area contributed by atoms with Gasteiger partial charge in [-0.15, -0.1) is 0 Å². The molecular weight excluding hydrogens is 232 g/mol. The highest BCUT2D eigenvalue weighted by Gasteiger charge is 2.04. The van der Waals surface area contributed by atoms with Gasteiger partial charge in [0.2, 0.25) is 0 Å². The Labute approximate surface area is 94.7 Å². The summed E-state index contributed by atoms with van der Waals surface area (Å²) in [6, 6.07) is 5.55. The number of ether oxygens (including phenoxy) is 1. The van der Waals surface area contributed by atoms with Gasteiger partial charge in [-0.3, -0.25) is 9.00 Å². The maximum absolute atomic E-state index is 11.1. The molecule has 0 aliphatic rings. The Morgan fingerprint density at radius 3 is 2.88 bits per heavy atom. The molecule has 6 heteroatoms. The molecular formula is C10H9O5S-. The summed E-state index contributed by atoms with van der Waals surface area (Å²) in [7, 11) is 0. The second-order valence-corrected chi connectivity index (χ2v) is 3.83. The third-order valence-corrected chi connectivity index (χ3v) is 2.33. The molecule has 0 saturated heterocycles. The third-order valence-electron chi connectivity index (χ3n) is 1.70. The number of hydrogen-bond acceptors (Lipinski definition) is 5. The van der Waals surface area contributed by atoms with Gasteiger partial charge in [0.25, 0.3) is 0 Å². The van der Waals surface area contributed by atoms with Crippen LogP contribution in [0.1, 0.15) is 12.8 Å². The molecule has 16 heavy (non-hydrogen) atoms. The highest BCUT2D eigenvalue weighted by Crippen LogP contribution is 2.16. The van der Waals surface area contributed by atoms with Gasteiger partial charge in [0.15, 0.2) is 0 Å². The van der Waals surface area contributed by atoms with Crippen LogP contribution in [0.15, 0.2) is 29.2 Å². The van der Waals surface area contributed by atoms with Crippen LogP contribution in [0.5, 0.6) is 5.75 Å². The van der Waals surface area contributed by atoms with Gasteiger partial charge in [-0.2, -0.15) is 0 Å². The largest absolute Gasteiger partial charge is 0.768 e. The van der Waals surface area contributed by atoms with E-state index in [9.17, 15) is 18.4 Å². The van der Waals surface area contributed by atoms with Crippen LogP contribution in [0.3, 0.4) is 0 Å². The standard InChI is InChI=1S/C10H10O5S/c11-6-2-5-10(12)15-8-3-1-4-9(7-8)16(13)14/h1,3-4,6-7H,2,5H2,(H,13,14)/p-1. The molecule has 0 bridgehead atoms. The molecule has 0 N–H and O–H groups in total. The monoisotopic (exact) mass is 241 g/mol. The quantitative estimate of drug-likeness (QED) is 0.329. The van der Waals surface area contributed by atoms with E-state index in [1.54, 1.807) is 0 Å². The van der Waals surface area contributed by atoms with E-state index < -0.39 is 17.0 Å². The van der Waals surface area contributed by atoms with E-state index in [0.29, 0.717) is 6.29 Å². The minimum atomic E-state index is -2.36. The normalized spacial score (nSPS) is 11.8. The van der Waals surface area contributed by atoms with Crippen LogP contribution >= 0.6 is 0 Å². The zero-order valence-electron chi connectivity index (χ0n) is 8.25. The fourth-order valence-corrected chi connectivity index (χ4v) is 1.40. The molecule has 0 amide bonds. The molecule has 0 heterocycles. The summed E-state index contributed by atoms with van der Waals surface area (Å²) in [5.41, 5.74) is 0. The van der Waals surface area contributed by atoms with Crippen molar-refractivity contribution in [3.8, 4) is 5.75 Å². The summed E-state index contributed by atoms with van der Waals surface area (Å²) in [4.78, 5) is 21.2. The lowest BCUT2D eigenvalue weighted by atomic mass is 10.3. The fourth-order valence-electron chi connectivity index (χ4n) is 1.00. The van der Waals surface area contributed by atoms with Gasteiger partial charge >= 0.3 is 5.97 Å². The van der Waals surface area contributed by atoms with E-state index >= 15 is 0 Å². The zero-order chi connectivity index (χ0) is 12.0. The molecule has 0 saturated carbocycles. The van der Waals surface area contributed by atoms with Gasteiger partial charge in [-0.1, -0.05) is 6.07 Å². The molecule has 1 atom stereocenters. The first-order valence-electron chi connectivity index (χ1n) is 4.47. The van der Waals surface area contributed by atoms with Gasteiger partial charge in [0.1, 0.15) is 12.0 Å². The van der Waals surface area contributed by atoms with E-state index in [4.69, 9.17) is 4.74 Å². The third kappa shape index (κ3) is 3.92. The Kier molecular flexibility index (Phi) is 4.81. The number of rotatable bonds is 5. The highest BCUT2D eigenvalue weighted by molar-refractivity contribution is 7.79. The molecule has 5 nitrogen and oxygen atoms in total. The number of benzene rings is 1. The average molecular weight is 241 g/mol. The van der Waals surface area contributed by atoms with E-state index in [2.05, 4.69) is 0 Å². The lowest BCUT2D eigenvalue weighted by Crippen LogP contribution is -2.07. The van der Waals surface area contributed by atoms with E-state index in [1.165, 1.54) is 24.3 Å². The van der Waals surface area contributed by atoms with Crippen molar-refractivity contribution in [2.24, 2.45) is 0 Å². The van der Waals surface area contributed by atoms with Crippen molar-refractivity contribution in [2.75, 3.05) is 0 Å². The van der Waals surface area contributed by atoms with E-state index in [0.717, 1.165) is 0 Å². The Bertz CT molecular complexity index is 415. The average Bonchev–Trinajstić information content (AvgIpc) is 2.26.